The molecule has 1 heterocycles. The minimum absolute atomic E-state index is 0.0536. The number of nitrogens with zero attached hydrogens (tertiary/aromatic N) is 3. The molecule has 3 amide bonds. The number of nitrogens with one attached hydrogen (secondary N) is 2. The molecule has 0 radical (unpaired) electrons. The Balaban J connectivity index is 1.81. The summed E-state index contributed by atoms with van der Waals surface area (Å²) < 4.78 is 0. The molecule has 1 unspecified atom stereocenters. The topological polar surface area (TPSA) is 94.6 Å². The van der Waals surface area contributed by atoms with Gasteiger partial charge < -0.3 is 20.4 Å². The summed E-state index contributed by atoms with van der Waals surface area (Å²) in [6.07, 6.45) is 2.88. The molecule has 0 bridgehead atoms. The van der Waals surface area contributed by atoms with Crippen molar-refractivity contribution in [3.05, 3.63) is 47.0 Å². The van der Waals surface area contributed by atoms with Crippen molar-refractivity contribution in [2.24, 2.45) is 0 Å². The summed E-state index contributed by atoms with van der Waals surface area (Å²) in [7, 11) is 0. The molecule has 0 aliphatic rings. The summed E-state index contributed by atoms with van der Waals surface area (Å²) in [4.78, 5) is 46.0. The standard InChI is InChI=1S/C26H39N5O3S/c1-5-15-31(25(34)21-13-9-8-10-14-21)18-24(33)29-26-28-22(19-35-26)17-23(32)27-20(4)12-11-16-30(6-2)7-3/h8-10,13-14,19-20H,5-7,11-12,15-18H2,1-4H3,(H,27,32)(H,28,29,33). The molecular formula is C26H39N5O3S. The van der Waals surface area contributed by atoms with Crippen LogP contribution in [0.1, 0.15) is 63.0 Å². The molecule has 1 aromatic heterocycles. The zero-order chi connectivity index (χ0) is 25.6. The van der Waals surface area contributed by atoms with E-state index in [2.05, 4.69) is 34.4 Å². The molecule has 35 heavy (non-hydrogen) atoms. The highest BCUT2D eigenvalue weighted by molar-refractivity contribution is 7.13. The van der Waals surface area contributed by atoms with Gasteiger partial charge in [-0.1, -0.05) is 39.0 Å². The molecule has 2 rings (SSSR count). The van der Waals surface area contributed by atoms with E-state index in [4.69, 9.17) is 0 Å². The van der Waals surface area contributed by atoms with Crippen molar-refractivity contribution in [2.45, 2.75) is 59.4 Å². The Bertz CT molecular complexity index is 930. The summed E-state index contributed by atoms with van der Waals surface area (Å²) >= 11 is 1.27. The quantitative estimate of drug-likeness (QED) is 0.387. The maximum atomic E-state index is 12.8. The van der Waals surface area contributed by atoms with E-state index in [9.17, 15) is 14.4 Å². The largest absolute Gasteiger partial charge is 0.353 e. The lowest BCUT2D eigenvalue weighted by Gasteiger charge is -2.21. The zero-order valence-corrected chi connectivity index (χ0v) is 22.2. The molecule has 2 N–H and O–H groups in total. The third kappa shape index (κ3) is 10.2. The van der Waals surface area contributed by atoms with E-state index >= 15 is 0 Å². The van der Waals surface area contributed by atoms with Crippen LogP contribution in [-0.2, 0) is 16.0 Å². The van der Waals surface area contributed by atoms with E-state index in [0.717, 1.165) is 38.9 Å². The Hall–Kier alpha value is -2.78. The maximum absolute atomic E-state index is 12.8. The number of aromatic nitrogens is 1. The number of benzene rings is 1. The minimum atomic E-state index is -0.310. The Labute approximate surface area is 213 Å². The van der Waals surface area contributed by atoms with E-state index in [0.29, 0.717) is 22.9 Å². The number of rotatable bonds is 15. The van der Waals surface area contributed by atoms with Crippen LogP contribution in [0.25, 0.3) is 0 Å². The Morgan fingerprint density at radius 1 is 1.03 bits per heavy atom. The second-order valence-corrected chi connectivity index (χ2v) is 9.46. The van der Waals surface area contributed by atoms with Gasteiger partial charge in [0.15, 0.2) is 5.13 Å². The Morgan fingerprint density at radius 3 is 2.40 bits per heavy atom. The molecule has 0 saturated carbocycles. The molecule has 8 nitrogen and oxygen atoms in total. The number of hydrogen-bond donors (Lipinski definition) is 2. The smallest absolute Gasteiger partial charge is 0.254 e. The van der Waals surface area contributed by atoms with Crippen LogP contribution in [0.2, 0.25) is 0 Å². The summed E-state index contributed by atoms with van der Waals surface area (Å²) in [6.45, 7) is 11.8. The molecule has 0 aliphatic heterocycles. The fourth-order valence-corrected chi connectivity index (χ4v) is 4.51. The lowest BCUT2D eigenvalue weighted by molar-refractivity contribution is -0.121. The van der Waals surface area contributed by atoms with Crippen LogP contribution in [0.15, 0.2) is 35.7 Å². The minimum Gasteiger partial charge on any atom is -0.353 e. The van der Waals surface area contributed by atoms with Crippen LogP contribution in [0, 0.1) is 0 Å². The number of thiazole rings is 1. The second kappa shape index (κ2) is 15.3. The van der Waals surface area contributed by atoms with Crippen LogP contribution in [-0.4, -0.2) is 71.3 Å². The molecule has 2 aromatic rings. The summed E-state index contributed by atoms with van der Waals surface area (Å²) in [6, 6.07) is 9.04. The van der Waals surface area contributed by atoms with Crippen LogP contribution in [0.5, 0.6) is 0 Å². The normalized spacial score (nSPS) is 11.8. The molecule has 0 saturated heterocycles. The van der Waals surface area contributed by atoms with Gasteiger partial charge in [0, 0.05) is 23.5 Å². The highest BCUT2D eigenvalue weighted by atomic mass is 32.1. The number of amides is 3. The molecule has 192 valence electrons. The van der Waals surface area contributed by atoms with Gasteiger partial charge in [-0.25, -0.2) is 4.98 Å². The lowest BCUT2D eigenvalue weighted by atomic mass is 10.1. The molecule has 0 spiro atoms. The summed E-state index contributed by atoms with van der Waals surface area (Å²) in [5, 5.41) is 7.99. The van der Waals surface area contributed by atoms with Gasteiger partial charge in [-0.05, 0) is 58.0 Å². The molecule has 0 fully saturated rings. The van der Waals surface area contributed by atoms with E-state index in [-0.39, 0.29) is 36.7 Å². The van der Waals surface area contributed by atoms with Crippen LogP contribution < -0.4 is 10.6 Å². The number of hydrogen-bond acceptors (Lipinski definition) is 6. The van der Waals surface area contributed by atoms with Gasteiger partial charge >= 0.3 is 0 Å². The molecule has 0 aliphatic carbocycles. The average Bonchev–Trinajstić information content (AvgIpc) is 3.27. The van der Waals surface area contributed by atoms with Gasteiger partial charge in [-0.3, -0.25) is 14.4 Å². The van der Waals surface area contributed by atoms with Gasteiger partial charge in [-0.15, -0.1) is 11.3 Å². The first-order valence-corrected chi connectivity index (χ1v) is 13.3. The number of carbonyl (C=O) groups is 3. The van der Waals surface area contributed by atoms with E-state index < -0.39 is 0 Å². The Kier molecular flexibility index (Phi) is 12.4. The van der Waals surface area contributed by atoms with Crippen molar-refractivity contribution in [3.63, 3.8) is 0 Å². The van der Waals surface area contributed by atoms with Gasteiger partial charge in [0.05, 0.1) is 12.1 Å². The molecule has 1 atom stereocenters. The monoisotopic (exact) mass is 501 g/mol. The van der Waals surface area contributed by atoms with Crippen molar-refractivity contribution in [3.8, 4) is 0 Å². The predicted molar refractivity (Wildman–Crippen MR) is 142 cm³/mol. The van der Waals surface area contributed by atoms with Crippen LogP contribution >= 0.6 is 11.3 Å². The molecule has 1 aromatic carbocycles. The first-order valence-electron chi connectivity index (χ1n) is 12.5. The van der Waals surface area contributed by atoms with Crippen molar-refractivity contribution in [2.75, 3.05) is 38.0 Å². The Morgan fingerprint density at radius 2 is 1.74 bits per heavy atom. The van der Waals surface area contributed by atoms with Crippen molar-refractivity contribution >= 4 is 34.2 Å². The first kappa shape index (κ1) is 28.5. The van der Waals surface area contributed by atoms with E-state index in [1.54, 1.807) is 29.6 Å². The van der Waals surface area contributed by atoms with Crippen molar-refractivity contribution < 1.29 is 14.4 Å². The fraction of sp³-hybridized carbons (Fsp3) is 0.538. The van der Waals surface area contributed by atoms with Gasteiger partial charge in [0.2, 0.25) is 11.8 Å². The van der Waals surface area contributed by atoms with Gasteiger partial charge in [0.1, 0.15) is 6.54 Å². The highest BCUT2D eigenvalue weighted by Gasteiger charge is 2.19. The third-order valence-corrected chi connectivity index (χ3v) is 6.50. The first-order chi connectivity index (χ1) is 16.9. The summed E-state index contributed by atoms with van der Waals surface area (Å²) in [5.41, 5.74) is 1.17. The SMILES string of the molecule is CCCN(CC(=O)Nc1nc(CC(=O)NC(C)CCCN(CC)CC)cs1)C(=O)c1ccccc1. The maximum Gasteiger partial charge on any atom is 0.254 e. The van der Waals surface area contributed by atoms with Crippen molar-refractivity contribution in [1.82, 2.24) is 20.1 Å². The van der Waals surface area contributed by atoms with Crippen LogP contribution in [0.3, 0.4) is 0 Å². The number of anilines is 1. The average molecular weight is 502 g/mol. The van der Waals surface area contributed by atoms with Gasteiger partial charge in [-0.2, -0.15) is 0 Å². The molecular weight excluding hydrogens is 462 g/mol. The highest BCUT2D eigenvalue weighted by Crippen LogP contribution is 2.16. The lowest BCUT2D eigenvalue weighted by Crippen LogP contribution is -2.38. The fourth-order valence-electron chi connectivity index (χ4n) is 3.79. The third-order valence-electron chi connectivity index (χ3n) is 5.69. The number of carbonyl (C=O) groups excluding carboxylic acids is 3. The van der Waals surface area contributed by atoms with Crippen molar-refractivity contribution in [1.29, 1.82) is 0 Å². The van der Waals surface area contributed by atoms with E-state index in [1.807, 2.05) is 19.9 Å². The second-order valence-electron chi connectivity index (χ2n) is 8.60. The zero-order valence-electron chi connectivity index (χ0n) is 21.4. The predicted octanol–water partition coefficient (Wildman–Crippen LogP) is 3.80. The van der Waals surface area contributed by atoms with E-state index in [1.165, 1.54) is 16.2 Å². The van der Waals surface area contributed by atoms with Gasteiger partial charge in [0.25, 0.3) is 5.91 Å². The van der Waals surface area contributed by atoms with Crippen LogP contribution in [0.4, 0.5) is 5.13 Å². The summed E-state index contributed by atoms with van der Waals surface area (Å²) in [5.74, 6) is -0.564. The molecule has 9 heteroatoms.